The third kappa shape index (κ3) is 2.41. The smallest absolute Gasteiger partial charge is 0.210 e. The molecule has 4 aliphatic carbocycles. The molecule has 0 aliphatic heterocycles. The molecule has 22 heavy (non-hydrogen) atoms. The van der Waals surface area contributed by atoms with Gasteiger partial charge in [0.2, 0.25) is 5.16 Å². The first kappa shape index (κ1) is 14.4. The van der Waals surface area contributed by atoms with Crippen molar-refractivity contribution in [2.24, 2.45) is 23.2 Å². The summed E-state index contributed by atoms with van der Waals surface area (Å²) >= 11 is 1.48. The molecule has 0 radical (unpaired) electrons. The lowest BCUT2D eigenvalue weighted by atomic mass is 9.48. The molecule has 0 atom stereocenters. The summed E-state index contributed by atoms with van der Waals surface area (Å²) in [5.41, 5.74) is -0.0154. The third-order valence-electron chi connectivity index (χ3n) is 5.76. The van der Waals surface area contributed by atoms with Gasteiger partial charge in [0, 0.05) is 5.41 Å². The van der Waals surface area contributed by atoms with Gasteiger partial charge in [0.1, 0.15) is 5.78 Å². The van der Waals surface area contributed by atoms with Crippen LogP contribution in [0.5, 0.6) is 0 Å². The molecular weight excluding hydrogens is 296 g/mol. The van der Waals surface area contributed by atoms with Crippen molar-refractivity contribution in [2.75, 3.05) is 5.75 Å². The van der Waals surface area contributed by atoms with Crippen LogP contribution in [0.4, 0.5) is 0 Å². The van der Waals surface area contributed by atoms with Crippen LogP contribution in [0, 0.1) is 23.2 Å². The lowest BCUT2D eigenvalue weighted by Crippen LogP contribution is -2.50. The number of hydrogen-bond acceptors (Lipinski definition) is 5. The van der Waals surface area contributed by atoms with Crippen molar-refractivity contribution >= 4 is 17.5 Å². The maximum Gasteiger partial charge on any atom is 0.210 e. The van der Waals surface area contributed by atoms with E-state index in [1.165, 1.54) is 31.0 Å². The Morgan fingerprint density at radius 2 is 1.91 bits per heavy atom. The maximum atomic E-state index is 12.9. The Morgan fingerprint density at radius 3 is 2.50 bits per heavy atom. The normalized spacial score (nSPS) is 35.7. The molecule has 5 nitrogen and oxygen atoms in total. The van der Waals surface area contributed by atoms with Gasteiger partial charge in [0.15, 0.2) is 0 Å². The minimum Gasteiger partial charge on any atom is -0.298 e. The van der Waals surface area contributed by atoms with Crippen molar-refractivity contribution in [3.8, 4) is 0 Å². The van der Waals surface area contributed by atoms with Crippen LogP contribution in [0.25, 0.3) is 0 Å². The maximum absolute atomic E-state index is 12.9. The molecule has 0 spiro atoms. The van der Waals surface area contributed by atoms with Gasteiger partial charge in [-0.2, -0.15) is 0 Å². The van der Waals surface area contributed by atoms with E-state index < -0.39 is 0 Å². The number of ketones is 1. The number of Topliss-reactive ketones (excluding diaryl/α,β-unsaturated/α-hetero) is 1. The van der Waals surface area contributed by atoms with Crippen molar-refractivity contribution in [1.29, 1.82) is 0 Å². The average Bonchev–Trinajstić information content (AvgIpc) is 2.91. The second-order valence-corrected chi connectivity index (χ2v) is 8.28. The van der Waals surface area contributed by atoms with Gasteiger partial charge >= 0.3 is 0 Å². The molecule has 4 bridgehead atoms. The van der Waals surface area contributed by atoms with Gasteiger partial charge in [0.05, 0.1) is 12.3 Å². The van der Waals surface area contributed by atoms with Gasteiger partial charge in [-0.05, 0) is 66.7 Å². The SMILES string of the molecule is C=CCn1nnnc1SCC(=O)C12CC3CC(CC(C3)C1)C2. The number of nitrogens with zero attached hydrogens (tertiary/aromatic N) is 4. The van der Waals surface area contributed by atoms with Gasteiger partial charge in [-0.1, -0.05) is 17.8 Å². The van der Waals surface area contributed by atoms with Crippen molar-refractivity contribution in [3.05, 3.63) is 12.7 Å². The van der Waals surface area contributed by atoms with Gasteiger partial charge in [-0.15, -0.1) is 11.7 Å². The van der Waals surface area contributed by atoms with Crippen LogP contribution in [0.1, 0.15) is 38.5 Å². The van der Waals surface area contributed by atoms with Gasteiger partial charge in [-0.25, -0.2) is 4.68 Å². The summed E-state index contributed by atoms with van der Waals surface area (Å²) in [5.74, 6) is 3.37. The summed E-state index contributed by atoms with van der Waals surface area (Å²) in [5, 5.41) is 12.4. The van der Waals surface area contributed by atoms with E-state index in [0.29, 0.717) is 18.1 Å². The van der Waals surface area contributed by atoms with Crippen molar-refractivity contribution in [1.82, 2.24) is 20.2 Å². The minimum absolute atomic E-state index is 0.0154. The van der Waals surface area contributed by atoms with E-state index in [1.54, 1.807) is 10.8 Å². The van der Waals surface area contributed by atoms with Crippen molar-refractivity contribution < 1.29 is 4.79 Å². The van der Waals surface area contributed by atoms with Crippen LogP contribution in [0.3, 0.4) is 0 Å². The molecule has 0 saturated heterocycles. The van der Waals surface area contributed by atoms with E-state index >= 15 is 0 Å². The molecule has 5 rings (SSSR count). The lowest BCUT2D eigenvalue weighted by Gasteiger charge is -2.56. The Labute approximate surface area is 134 Å². The Morgan fingerprint density at radius 1 is 1.27 bits per heavy atom. The molecule has 4 aliphatic rings. The molecule has 118 valence electrons. The van der Waals surface area contributed by atoms with Crippen LogP contribution < -0.4 is 0 Å². The summed E-state index contributed by atoms with van der Waals surface area (Å²) < 4.78 is 1.70. The Bertz CT molecular complexity index is 561. The summed E-state index contributed by atoms with van der Waals surface area (Å²) in [6, 6.07) is 0. The summed E-state index contributed by atoms with van der Waals surface area (Å²) in [7, 11) is 0. The molecule has 1 aromatic rings. The average molecular weight is 318 g/mol. The Balaban J connectivity index is 1.44. The van der Waals surface area contributed by atoms with E-state index in [2.05, 4.69) is 22.1 Å². The summed E-state index contributed by atoms with van der Waals surface area (Å²) in [4.78, 5) is 12.9. The fourth-order valence-electron chi connectivity index (χ4n) is 5.27. The third-order valence-corrected chi connectivity index (χ3v) is 6.72. The molecule has 4 saturated carbocycles. The van der Waals surface area contributed by atoms with E-state index in [4.69, 9.17) is 0 Å². The first-order valence-electron chi connectivity index (χ1n) is 8.22. The molecular formula is C16H22N4OS. The molecule has 0 unspecified atom stereocenters. The first-order valence-corrected chi connectivity index (χ1v) is 9.20. The number of aromatic nitrogens is 4. The topological polar surface area (TPSA) is 60.7 Å². The zero-order valence-electron chi connectivity index (χ0n) is 12.8. The standard InChI is InChI=1S/C16H22N4OS/c1-2-3-20-15(17-18-19-20)22-10-14(21)16-7-11-4-12(8-16)6-13(5-11)9-16/h2,11-13H,1,3-10H2. The lowest BCUT2D eigenvalue weighted by molar-refractivity contribution is -0.141. The predicted molar refractivity (Wildman–Crippen MR) is 84.4 cm³/mol. The highest BCUT2D eigenvalue weighted by molar-refractivity contribution is 7.99. The monoisotopic (exact) mass is 318 g/mol. The number of tetrazole rings is 1. The number of allylic oxidation sites excluding steroid dienone is 1. The number of rotatable bonds is 6. The molecule has 0 aromatic carbocycles. The van der Waals surface area contributed by atoms with E-state index in [9.17, 15) is 4.79 Å². The van der Waals surface area contributed by atoms with Crippen LogP contribution in [-0.4, -0.2) is 31.7 Å². The van der Waals surface area contributed by atoms with Gasteiger partial charge in [0.25, 0.3) is 0 Å². The summed E-state index contributed by atoms with van der Waals surface area (Å²) in [6.45, 7) is 4.29. The Hall–Kier alpha value is -1.17. The zero-order chi connectivity index (χ0) is 15.2. The first-order chi connectivity index (χ1) is 10.7. The number of thioether (sulfide) groups is 1. The van der Waals surface area contributed by atoms with Crippen LogP contribution in [0.2, 0.25) is 0 Å². The number of carbonyl (C=O) groups is 1. The number of hydrogen-bond donors (Lipinski definition) is 0. The second-order valence-electron chi connectivity index (χ2n) is 7.34. The van der Waals surface area contributed by atoms with Crippen LogP contribution in [0.15, 0.2) is 17.8 Å². The van der Waals surface area contributed by atoms with Crippen molar-refractivity contribution in [2.45, 2.75) is 50.2 Å². The zero-order valence-corrected chi connectivity index (χ0v) is 13.6. The van der Waals surface area contributed by atoms with Gasteiger partial charge in [-0.3, -0.25) is 4.79 Å². The highest BCUT2D eigenvalue weighted by Crippen LogP contribution is 2.60. The van der Waals surface area contributed by atoms with E-state index in [1.807, 2.05) is 0 Å². The minimum atomic E-state index is -0.0154. The van der Waals surface area contributed by atoms with Crippen molar-refractivity contribution in [3.63, 3.8) is 0 Å². The van der Waals surface area contributed by atoms with E-state index in [0.717, 1.165) is 42.2 Å². The number of carbonyl (C=O) groups excluding carboxylic acids is 1. The largest absolute Gasteiger partial charge is 0.298 e. The fourth-order valence-corrected chi connectivity index (χ4v) is 6.19. The Kier molecular flexibility index (Phi) is 3.59. The molecule has 1 aromatic heterocycles. The molecule has 4 fully saturated rings. The van der Waals surface area contributed by atoms with Crippen LogP contribution in [-0.2, 0) is 11.3 Å². The van der Waals surface area contributed by atoms with Gasteiger partial charge < -0.3 is 0 Å². The summed E-state index contributed by atoms with van der Waals surface area (Å²) in [6.07, 6.45) is 9.29. The molecule has 0 amide bonds. The van der Waals surface area contributed by atoms with Crippen LogP contribution >= 0.6 is 11.8 Å². The molecule has 6 heteroatoms. The predicted octanol–water partition coefficient (Wildman–Crippen LogP) is 2.74. The highest BCUT2D eigenvalue weighted by Gasteiger charge is 2.54. The second kappa shape index (κ2) is 5.48. The van der Waals surface area contributed by atoms with E-state index in [-0.39, 0.29) is 5.41 Å². The quantitative estimate of drug-likeness (QED) is 0.596. The highest BCUT2D eigenvalue weighted by atomic mass is 32.2. The fraction of sp³-hybridized carbons (Fsp3) is 0.750. The molecule has 0 N–H and O–H groups in total. The molecule has 1 heterocycles.